The Labute approximate surface area is 176 Å². The van der Waals surface area contributed by atoms with E-state index in [9.17, 15) is 4.79 Å². The number of ketones is 1. The molecular formula is C23H28N5O2+. The van der Waals surface area contributed by atoms with E-state index in [0.717, 1.165) is 25.2 Å². The van der Waals surface area contributed by atoms with Gasteiger partial charge in [-0.05, 0) is 42.8 Å². The van der Waals surface area contributed by atoms with Gasteiger partial charge in [0.2, 0.25) is 6.33 Å². The highest BCUT2D eigenvalue weighted by Gasteiger charge is 2.27. The average molecular weight is 407 g/mol. The van der Waals surface area contributed by atoms with Crippen LogP contribution in [0.15, 0.2) is 71.4 Å². The third-order valence-electron chi connectivity index (χ3n) is 5.56. The quantitative estimate of drug-likeness (QED) is 0.567. The van der Waals surface area contributed by atoms with Crippen LogP contribution in [-0.4, -0.2) is 47.4 Å². The number of aliphatic hydroxyl groups is 1. The number of allylic oxidation sites excluding steroid dienone is 3. The van der Waals surface area contributed by atoms with Gasteiger partial charge in [-0.2, -0.15) is 0 Å². The summed E-state index contributed by atoms with van der Waals surface area (Å²) in [6.07, 6.45) is 10.8. The molecule has 0 amide bonds. The smallest absolute Gasteiger partial charge is 0.243 e. The summed E-state index contributed by atoms with van der Waals surface area (Å²) in [5.74, 6) is -0.0374. The Morgan fingerprint density at radius 1 is 1.27 bits per heavy atom. The molecule has 1 atom stereocenters. The minimum Gasteiger partial charge on any atom is -0.395 e. The first-order chi connectivity index (χ1) is 14.5. The second kappa shape index (κ2) is 8.67. The van der Waals surface area contributed by atoms with Gasteiger partial charge in [-0.1, -0.05) is 0 Å². The van der Waals surface area contributed by atoms with E-state index in [1.54, 1.807) is 19.1 Å². The molecular weight excluding hydrogens is 378 g/mol. The number of aliphatic hydroxyl groups excluding tert-OH is 1. The van der Waals surface area contributed by atoms with Crippen molar-refractivity contribution in [2.75, 3.05) is 31.1 Å². The van der Waals surface area contributed by atoms with Crippen LogP contribution in [0.1, 0.15) is 19.4 Å². The number of aromatic nitrogens is 2. The first-order valence-electron chi connectivity index (χ1n) is 10.3. The van der Waals surface area contributed by atoms with Crippen LogP contribution in [0, 0.1) is 0 Å². The van der Waals surface area contributed by atoms with Gasteiger partial charge in [-0.15, -0.1) is 0 Å². The number of carbonyl (C=O) groups is 1. The summed E-state index contributed by atoms with van der Waals surface area (Å²) in [5, 5.41) is 12.2. The molecule has 1 fully saturated rings. The maximum absolute atomic E-state index is 12.0. The van der Waals surface area contributed by atoms with Crippen LogP contribution in [0.4, 0.5) is 11.4 Å². The van der Waals surface area contributed by atoms with Crippen LogP contribution in [0.2, 0.25) is 0 Å². The fourth-order valence-corrected chi connectivity index (χ4v) is 3.88. The number of anilines is 1. The van der Waals surface area contributed by atoms with Crippen LogP contribution in [-0.2, 0) is 11.8 Å². The van der Waals surface area contributed by atoms with Gasteiger partial charge in [-0.3, -0.25) is 4.79 Å². The summed E-state index contributed by atoms with van der Waals surface area (Å²) in [5.41, 5.74) is 4.03. The van der Waals surface area contributed by atoms with E-state index in [1.807, 2.05) is 19.2 Å². The standard InChI is InChI=1S/C23H27N5O2/c1-17-13-22(21(14-23(17)30)24-8-12-29)25-18-3-5-19(6-4-18)27-9-7-20(15-27)28-11-10-26(2)16-28/h3-6,10-11,13-14,16,20,29H,7-9,12,15H2,1-2H3/p+1. The highest BCUT2D eigenvalue weighted by atomic mass is 16.3. The zero-order valence-electron chi connectivity index (χ0n) is 17.5. The van der Waals surface area contributed by atoms with Crippen LogP contribution in [0.3, 0.4) is 0 Å². The number of hydrogen-bond acceptors (Lipinski definition) is 5. The van der Waals surface area contributed by atoms with Crippen molar-refractivity contribution in [2.45, 2.75) is 19.4 Å². The normalized spacial score (nSPS) is 20.5. The minimum atomic E-state index is -0.0374. The van der Waals surface area contributed by atoms with Gasteiger partial charge in [0.15, 0.2) is 5.78 Å². The van der Waals surface area contributed by atoms with E-state index in [4.69, 9.17) is 10.1 Å². The maximum Gasteiger partial charge on any atom is 0.243 e. The summed E-state index contributed by atoms with van der Waals surface area (Å²) >= 11 is 0. The summed E-state index contributed by atoms with van der Waals surface area (Å²) in [4.78, 5) is 19.1. The molecule has 0 radical (unpaired) electrons. The molecule has 1 saturated heterocycles. The predicted octanol–water partition coefficient (Wildman–Crippen LogP) is 1.83. The Balaban J connectivity index is 1.48. The zero-order chi connectivity index (χ0) is 21.1. The Hall–Kier alpha value is -3.19. The van der Waals surface area contributed by atoms with Gasteiger partial charge in [0.05, 0.1) is 37.3 Å². The van der Waals surface area contributed by atoms with Gasteiger partial charge < -0.3 is 15.3 Å². The lowest BCUT2D eigenvalue weighted by Crippen LogP contribution is -2.26. The van der Waals surface area contributed by atoms with Gasteiger partial charge in [0.25, 0.3) is 0 Å². The van der Waals surface area contributed by atoms with Crippen LogP contribution >= 0.6 is 0 Å². The summed E-state index contributed by atoms with van der Waals surface area (Å²) in [6, 6.07) is 8.71. The molecule has 1 aromatic heterocycles. The van der Waals surface area contributed by atoms with Crippen molar-refractivity contribution < 1.29 is 14.5 Å². The van der Waals surface area contributed by atoms with Gasteiger partial charge in [-0.25, -0.2) is 14.1 Å². The fourth-order valence-electron chi connectivity index (χ4n) is 3.88. The number of imidazole rings is 1. The van der Waals surface area contributed by atoms with Crippen molar-refractivity contribution in [1.29, 1.82) is 0 Å². The number of hydrogen-bond donors (Lipinski definition) is 2. The molecule has 0 spiro atoms. The zero-order valence-corrected chi connectivity index (χ0v) is 17.5. The number of nitrogens with one attached hydrogen (secondary N) is 1. The lowest BCUT2D eigenvalue weighted by Gasteiger charge is -2.18. The predicted molar refractivity (Wildman–Crippen MR) is 117 cm³/mol. The molecule has 1 aromatic carbocycles. The topological polar surface area (TPSA) is 73.7 Å². The number of carbonyl (C=O) groups excluding carboxylic acids is 1. The van der Waals surface area contributed by atoms with E-state index in [0.29, 0.717) is 29.6 Å². The van der Waals surface area contributed by atoms with E-state index in [2.05, 4.69) is 50.2 Å². The highest BCUT2D eigenvalue weighted by molar-refractivity contribution is 6.22. The number of aliphatic imine (C=N–C) groups is 1. The molecule has 156 valence electrons. The van der Waals surface area contributed by atoms with Crippen molar-refractivity contribution >= 4 is 22.9 Å². The Bertz CT molecular complexity index is 1020. The average Bonchev–Trinajstić information content (AvgIpc) is 3.39. The Kier molecular flexibility index (Phi) is 5.81. The number of benzene rings is 1. The molecule has 30 heavy (non-hydrogen) atoms. The Morgan fingerprint density at radius 3 is 2.77 bits per heavy atom. The van der Waals surface area contributed by atoms with Crippen LogP contribution < -0.4 is 14.8 Å². The van der Waals surface area contributed by atoms with Gasteiger partial charge in [0.1, 0.15) is 18.4 Å². The molecule has 2 aromatic rings. The van der Waals surface area contributed by atoms with Crippen molar-refractivity contribution in [3.05, 3.63) is 66.4 Å². The van der Waals surface area contributed by atoms with Crippen molar-refractivity contribution in [3.8, 4) is 0 Å². The maximum atomic E-state index is 12.0. The molecule has 0 bridgehead atoms. The lowest BCUT2D eigenvalue weighted by atomic mass is 10.0. The summed E-state index contributed by atoms with van der Waals surface area (Å²) in [6.45, 7) is 4.18. The minimum absolute atomic E-state index is 0.00565. The van der Waals surface area contributed by atoms with E-state index >= 15 is 0 Å². The largest absolute Gasteiger partial charge is 0.395 e. The van der Waals surface area contributed by atoms with Crippen LogP contribution in [0.25, 0.3) is 0 Å². The summed E-state index contributed by atoms with van der Waals surface area (Å²) < 4.78 is 4.36. The van der Waals surface area contributed by atoms with Crippen molar-refractivity contribution in [1.82, 2.24) is 9.88 Å². The molecule has 1 unspecified atom stereocenters. The van der Waals surface area contributed by atoms with Gasteiger partial charge >= 0.3 is 0 Å². The molecule has 2 aliphatic rings. The Morgan fingerprint density at radius 2 is 2.07 bits per heavy atom. The molecule has 2 N–H and O–H groups in total. The van der Waals surface area contributed by atoms with Crippen molar-refractivity contribution in [2.24, 2.45) is 12.0 Å². The summed E-state index contributed by atoms with van der Waals surface area (Å²) in [7, 11) is 2.04. The third kappa shape index (κ3) is 4.36. The molecule has 2 heterocycles. The van der Waals surface area contributed by atoms with E-state index in [-0.39, 0.29) is 12.4 Å². The first kappa shape index (κ1) is 20.1. The first-order valence-corrected chi connectivity index (χ1v) is 10.3. The lowest BCUT2D eigenvalue weighted by molar-refractivity contribution is -0.671. The number of rotatable bonds is 6. The number of nitrogens with zero attached hydrogens (tertiary/aromatic N) is 4. The molecule has 1 aliphatic heterocycles. The molecule has 7 nitrogen and oxygen atoms in total. The van der Waals surface area contributed by atoms with Crippen LogP contribution in [0.5, 0.6) is 0 Å². The molecule has 1 aliphatic carbocycles. The van der Waals surface area contributed by atoms with E-state index < -0.39 is 0 Å². The molecule has 4 rings (SSSR count). The molecule has 0 saturated carbocycles. The second-order valence-electron chi connectivity index (χ2n) is 7.83. The fraction of sp³-hybridized carbons (Fsp3) is 0.348. The second-order valence-corrected chi connectivity index (χ2v) is 7.83. The SMILES string of the molecule is CC1=CC(=Nc2ccc(N3CCC(n4cc[n+](C)c4)C3)cc2)C(NCCO)=CC1=O. The van der Waals surface area contributed by atoms with Gasteiger partial charge in [0, 0.05) is 31.3 Å². The molecule has 7 heteroatoms. The monoisotopic (exact) mass is 406 g/mol. The van der Waals surface area contributed by atoms with E-state index in [1.165, 1.54) is 5.69 Å². The third-order valence-corrected chi connectivity index (χ3v) is 5.56. The number of aryl methyl sites for hydroxylation is 1. The highest BCUT2D eigenvalue weighted by Crippen LogP contribution is 2.28. The van der Waals surface area contributed by atoms with Crippen molar-refractivity contribution in [3.63, 3.8) is 0 Å².